The van der Waals surface area contributed by atoms with Crippen molar-refractivity contribution in [1.82, 2.24) is 9.80 Å². The van der Waals surface area contributed by atoms with Crippen LogP contribution in [-0.4, -0.2) is 80.0 Å². The van der Waals surface area contributed by atoms with Gasteiger partial charge in [-0.3, -0.25) is 9.69 Å². The molecule has 0 atom stereocenters. The second-order valence-electron chi connectivity index (χ2n) is 8.24. The number of piperidine rings is 1. The summed E-state index contributed by atoms with van der Waals surface area (Å²) in [4.78, 5) is 25.7. The third kappa shape index (κ3) is 7.67. The number of carbonyl (C=O) groups excluding carboxylic acids is 1. The minimum atomic E-state index is -5.08. The summed E-state index contributed by atoms with van der Waals surface area (Å²) < 4.78 is 42.1. The molecule has 0 saturated carbocycles. The van der Waals surface area contributed by atoms with Gasteiger partial charge in [0.05, 0.1) is 20.1 Å². The van der Waals surface area contributed by atoms with E-state index >= 15 is 0 Å². The molecule has 2 aliphatic heterocycles. The number of benzene rings is 1. The number of aliphatic carboxylic acids is 1. The number of halogens is 3. The highest BCUT2D eigenvalue weighted by Crippen LogP contribution is 2.40. The number of hydrogen-bond acceptors (Lipinski definition) is 5. The number of hydrogen-bond donors (Lipinski definition) is 1. The maximum absolute atomic E-state index is 12.2. The zero-order chi connectivity index (χ0) is 23.8. The lowest BCUT2D eigenvalue weighted by molar-refractivity contribution is -0.192. The molecule has 180 valence electrons. The average Bonchev–Trinajstić information content (AvgIpc) is 3.17. The molecule has 2 saturated heterocycles. The van der Waals surface area contributed by atoms with Gasteiger partial charge in [-0.05, 0) is 55.5 Å². The summed E-state index contributed by atoms with van der Waals surface area (Å²) in [6.07, 6.45) is -1.05. The van der Waals surface area contributed by atoms with Crippen LogP contribution in [0.4, 0.5) is 13.2 Å². The SMILES string of the molecule is COCCC(=O)N1CCC2(CCN(Cc3cccc(OC)c3)CC2)C1.O=C(O)C(F)(F)F. The predicted molar refractivity (Wildman–Crippen MR) is 111 cm³/mol. The van der Waals surface area contributed by atoms with Gasteiger partial charge in [0.25, 0.3) is 0 Å². The van der Waals surface area contributed by atoms with Crippen LogP contribution in [0.3, 0.4) is 0 Å². The number of carbonyl (C=O) groups is 2. The second kappa shape index (κ2) is 11.5. The minimum Gasteiger partial charge on any atom is -0.497 e. The van der Waals surface area contributed by atoms with E-state index in [0.717, 1.165) is 44.9 Å². The Hall–Kier alpha value is -2.33. The van der Waals surface area contributed by atoms with E-state index in [4.69, 9.17) is 19.4 Å². The monoisotopic (exact) mass is 460 g/mol. The molecule has 32 heavy (non-hydrogen) atoms. The van der Waals surface area contributed by atoms with Crippen LogP contribution in [0.15, 0.2) is 24.3 Å². The highest BCUT2D eigenvalue weighted by atomic mass is 19.4. The number of ether oxygens (including phenoxy) is 2. The van der Waals surface area contributed by atoms with Crippen molar-refractivity contribution in [3.05, 3.63) is 29.8 Å². The average molecular weight is 460 g/mol. The van der Waals surface area contributed by atoms with Gasteiger partial charge in [0.15, 0.2) is 0 Å². The van der Waals surface area contributed by atoms with Crippen molar-refractivity contribution in [3.8, 4) is 5.75 Å². The molecule has 1 aromatic rings. The summed E-state index contributed by atoms with van der Waals surface area (Å²) in [6.45, 7) is 5.57. The van der Waals surface area contributed by atoms with Crippen molar-refractivity contribution >= 4 is 11.9 Å². The molecule has 0 aromatic heterocycles. The number of methoxy groups -OCH3 is 2. The standard InChI is InChI=1S/C20H30N2O3.C2HF3O2/c1-24-13-6-19(23)22-12-9-20(16-22)7-10-21(11-8-20)15-17-4-3-5-18(14-17)25-2;3-2(4,5)1(6)7/h3-5,14H,6-13,15-16H2,1-2H3;(H,6,7). The van der Waals surface area contributed by atoms with Crippen LogP contribution in [-0.2, 0) is 20.9 Å². The maximum Gasteiger partial charge on any atom is 0.490 e. The van der Waals surface area contributed by atoms with E-state index < -0.39 is 12.1 Å². The zero-order valence-electron chi connectivity index (χ0n) is 18.5. The molecule has 0 radical (unpaired) electrons. The number of alkyl halides is 3. The molecular formula is C22H31F3N2O5. The third-order valence-electron chi connectivity index (χ3n) is 6.01. The van der Waals surface area contributed by atoms with Crippen molar-refractivity contribution in [2.75, 3.05) is 47.0 Å². The van der Waals surface area contributed by atoms with Gasteiger partial charge in [-0.2, -0.15) is 13.2 Å². The quantitative estimate of drug-likeness (QED) is 0.703. The summed E-state index contributed by atoms with van der Waals surface area (Å²) in [5.74, 6) is -1.59. The first kappa shape index (κ1) is 25.9. The van der Waals surface area contributed by atoms with Crippen LogP contribution >= 0.6 is 0 Å². The Bertz CT molecular complexity index is 764. The number of amides is 1. The fourth-order valence-electron chi connectivity index (χ4n) is 4.12. The summed E-state index contributed by atoms with van der Waals surface area (Å²) in [6, 6.07) is 8.33. The van der Waals surface area contributed by atoms with E-state index in [2.05, 4.69) is 28.0 Å². The largest absolute Gasteiger partial charge is 0.497 e. The highest BCUT2D eigenvalue weighted by Gasteiger charge is 2.41. The molecule has 7 nitrogen and oxygen atoms in total. The number of nitrogens with zero attached hydrogens (tertiary/aromatic N) is 2. The molecule has 1 spiro atoms. The number of likely N-dealkylation sites (tertiary alicyclic amines) is 2. The Balaban J connectivity index is 0.000000451. The van der Waals surface area contributed by atoms with Gasteiger partial charge in [0.2, 0.25) is 5.91 Å². The van der Waals surface area contributed by atoms with Crippen LogP contribution in [0, 0.1) is 5.41 Å². The number of rotatable bonds is 6. The van der Waals surface area contributed by atoms with Crippen LogP contribution in [0.2, 0.25) is 0 Å². The predicted octanol–water partition coefficient (Wildman–Crippen LogP) is 3.18. The van der Waals surface area contributed by atoms with Crippen LogP contribution in [0.1, 0.15) is 31.2 Å². The lowest BCUT2D eigenvalue weighted by Gasteiger charge is -2.39. The Kier molecular flexibility index (Phi) is 9.33. The first-order valence-corrected chi connectivity index (χ1v) is 10.5. The van der Waals surface area contributed by atoms with Gasteiger partial charge in [0.1, 0.15) is 5.75 Å². The molecule has 1 aromatic carbocycles. The fourth-order valence-corrected chi connectivity index (χ4v) is 4.12. The molecule has 2 fully saturated rings. The Morgan fingerprint density at radius 1 is 1.12 bits per heavy atom. The van der Waals surface area contributed by atoms with E-state index in [1.165, 1.54) is 18.4 Å². The molecule has 0 unspecified atom stereocenters. The Morgan fingerprint density at radius 3 is 2.31 bits per heavy atom. The van der Waals surface area contributed by atoms with Gasteiger partial charge in [-0.25, -0.2) is 4.79 Å². The van der Waals surface area contributed by atoms with Crippen LogP contribution in [0.5, 0.6) is 5.75 Å². The van der Waals surface area contributed by atoms with Gasteiger partial charge in [-0.15, -0.1) is 0 Å². The Morgan fingerprint density at radius 2 is 1.75 bits per heavy atom. The minimum absolute atomic E-state index is 0.248. The molecule has 3 rings (SSSR count). The molecule has 2 aliphatic rings. The van der Waals surface area contributed by atoms with E-state index in [0.29, 0.717) is 18.4 Å². The number of carboxylic acids is 1. The summed E-state index contributed by atoms with van der Waals surface area (Å²) >= 11 is 0. The highest BCUT2D eigenvalue weighted by molar-refractivity contribution is 5.76. The van der Waals surface area contributed by atoms with Gasteiger partial charge in [0, 0.05) is 26.7 Å². The lowest BCUT2D eigenvalue weighted by Crippen LogP contribution is -2.42. The molecular weight excluding hydrogens is 429 g/mol. The maximum atomic E-state index is 12.2. The van der Waals surface area contributed by atoms with E-state index in [9.17, 15) is 18.0 Å². The molecule has 0 bridgehead atoms. The van der Waals surface area contributed by atoms with Gasteiger partial charge < -0.3 is 19.5 Å². The van der Waals surface area contributed by atoms with E-state index in [-0.39, 0.29) is 5.91 Å². The summed E-state index contributed by atoms with van der Waals surface area (Å²) in [5, 5.41) is 7.12. The topological polar surface area (TPSA) is 79.3 Å². The first-order valence-electron chi connectivity index (χ1n) is 10.5. The third-order valence-corrected chi connectivity index (χ3v) is 6.01. The molecule has 1 amide bonds. The molecule has 0 aliphatic carbocycles. The fraction of sp³-hybridized carbons (Fsp3) is 0.636. The van der Waals surface area contributed by atoms with Crippen LogP contribution in [0.25, 0.3) is 0 Å². The summed E-state index contributed by atoms with van der Waals surface area (Å²) in [5.41, 5.74) is 1.64. The second-order valence-corrected chi connectivity index (χ2v) is 8.24. The number of carboxylic acid groups (broad SMARTS) is 1. The summed E-state index contributed by atoms with van der Waals surface area (Å²) in [7, 11) is 3.36. The zero-order valence-corrected chi connectivity index (χ0v) is 18.5. The van der Waals surface area contributed by atoms with E-state index in [1.807, 2.05) is 6.07 Å². The molecule has 10 heteroatoms. The first-order chi connectivity index (χ1) is 15.1. The molecule has 2 heterocycles. The van der Waals surface area contributed by atoms with Gasteiger partial charge >= 0.3 is 12.1 Å². The van der Waals surface area contributed by atoms with E-state index in [1.54, 1.807) is 14.2 Å². The van der Waals surface area contributed by atoms with Crippen molar-refractivity contribution in [2.24, 2.45) is 5.41 Å². The Labute approximate surface area is 186 Å². The van der Waals surface area contributed by atoms with Crippen molar-refractivity contribution < 1.29 is 37.3 Å². The normalized spacial score (nSPS) is 18.2. The van der Waals surface area contributed by atoms with Crippen molar-refractivity contribution in [2.45, 2.75) is 38.4 Å². The smallest absolute Gasteiger partial charge is 0.490 e. The lowest BCUT2D eigenvalue weighted by atomic mass is 9.77. The molecule has 1 N–H and O–H groups in total. The van der Waals surface area contributed by atoms with Crippen molar-refractivity contribution in [3.63, 3.8) is 0 Å². The van der Waals surface area contributed by atoms with Crippen molar-refractivity contribution in [1.29, 1.82) is 0 Å². The van der Waals surface area contributed by atoms with Gasteiger partial charge in [-0.1, -0.05) is 12.1 Å². The van der Waals surface area contributed by atoms with Crippen LogP contribution < -0.4 is 4.74 Å².